The fourth-order valence-electron chi connectivity index (χ4n) is 0.921. The fraction of sp³-hybridized carbons (Fsp3) is 0.778. The van der Waals surface area contributed by atoms with Gasteiger partial charge >= 0.3 is 5.97 Å². The molecule has 1 amide bonds. The number of hydrogen-bond donors (Lipinski definition) is 0. The molecule has 0 heterocycles. The summed E-state index contributed by atoms with van der Waals surface area (Å²) in [5.41, 5.74) is 0. The molecule has 0 aromatic rings. The Balaban J connectivity index is 3.58. The van der Waals surface area contributed by atoms with Gasteiger partial charge in [0.15, 0.2) is 0 Å². The van der Waals surface area contributed by atoms with Crippen molar-refractivity contribution in [3.05, 3.63) is 0 Å². The van der Waals surface area contributed by atoms with Gasteiger partial charge in [-0.1, -0.05) is 0 Å². The monoisotopic (exact) mass is 203 g/mol. The number of nitrogens with zero attached hydrogens (tertiary/aromatic N) is 1. The molecule has 0 spiro atoms. The Morgan fingerprint density at radius 2 is 1.93 bits per heavy atom. The van der Waals surface area contributed by atoms with Gasteiger partial charge in [-0.15, -0.1) is 0 Å². The maximum absolute atomic E-state index is 11.2. The number of likely N-dealkylation sites (N-methyl/N-ethyl adjacent to an activating group) is 1. The van der Waals surface area contributed by atoms with Crippen molar-refractivity contribution in [1.82, 2.24) is 4.90 Å². The summed E-state index contributed by atoms with van der Waals surface area (Å²) >= 11 is 0. The largest absolute Gasteiger partial charge is 0.469 e. The first-order valence-electron chi connectivity index (χ1n) is 4.41. The number of carbonyl (C=O) groups is 2. The summed E-state index contributed by atoms with van der Waals surface area (Å²) in [5, 5.41) is 0. The third-order valence-electron chi connectivity index (χ3n) is 1.80. The first-order chi connectivity index (χ1) is 6.61. The van der Waals surface area contributed by atoms with E-state index in [4.69, 9.17) is 4.74 Å². The van der Waals surface area contributed by atoms with Gasteiger partial charge in [-0.25, -0.2) is 0 Å². The summed E-state index contributed by atoms with van der Waals surface area (Å²) in [7, 11) is 4.50. The highest BCUT2D eigenvalue weighted by atomic mass is 16.5. The molecule has 0 atom stereocenters. The zero-order valence-electron chi connectivity index (χ0n) is 8.91. The molecule has 0 unspecified atom stereocenters. The van der Waals surface area contributed by atoms with Crippen LogP contribution < -0.4 is 0 Å². The lowest BCUT2D eigenvalue weighted by atomic mass is 10.3. The van der Waals surface area contributed by atoms with Crippen LogP contribution in [0.5, 0.6) is 0 Å². The number of rotatable bonds is 6. The SMILES string of the molecule is COCC(=O)N(C)CCCC(=O)OC. The lowest BCUT2D eigenvalue weighted by Gasteiger charge is -2.15. The van der Waals surface area contributed by atoms with E-state index in [0.29, 0.717) is 19.4 Å². The molecule has 5 nitrogen and oxygen atoms in total. The van der Waals surface area contributed by atoms with E-state index in [9.17, 15) is 9.59 Å². The number of esters is 1. The van der Waals surface area contributed by atoms with Gasteiger partial charge in [-0.3, -0.25) is 9.59 Å². The smallest absolute Gasteiger partial charge is 0.305 e. The normalized spacial score (nSPS) is 9.64. The van der Waals surface area contributed by atoms with Crippen molar-refractivity contribution in [3.8, 4) is 0 Å². The van der Waals surface area contributed by atoms with Crippen LogP contribution in [0.4, 0.5) is 0 Å². The van der Waals surface area contributed by atoms with Crippen LogP contribution in [0.15, 0.2) is 0 Å². The van der Waals surface area contributed by atoms with Crippen LogP contribution in [0.1, 0.15) is 12.8 Å². The van der Waals surface area contributed by atoms with Gasteiger partial charge in [0.25, 0.3) is 0 Å². The predicted molar refractivity (Wildman–Crippen MR) is 50.8 cm³/mol. The van der Waals surface area contributed by atoms with Crippen molar-refractivity contribution in [3.63, 3.8) is 0 Å². The van der Waals surface area contributed by atoms with Crippen LogP contribution in [0.25, 0.3) is 0 Å². The molecule has 0 aromatic carbocycles. The van der Waals surface area contributed by atoms with E-state index in [1.54, 1.807) is 7.05 Å². The van der Waals surface area contributed by atoms with Crippen LogP contribution in [-0.4, -0.2) is 51.2 Å². The Labute approximate surface area is 84.0 Å². The van der Waals surface area contributed by atoms with Gasteiger partial charge in [0.1, 0.15) is 6.61 Å². The van der Waals surface area contributed by atoms with Crippen LogP contribution in [-0.2, 0) is 19.1 Å². The molecule has 0 bridgehead atoms. The molecule has 0 saturated carbocycles. The minimum atomic E-state index is -0.252. The summed E-state index contributed by atoms with van der Waals surface area (Å²) in [6.07, 6.45) is 0.944. The number of hydrogen-bond acceptors (Lipinski definition) is 4. The van der Waals surface area contributed by atoms with Crippen molar-refractivity contribution in [1.29, 1.82) is 0 Å². The van der Waals surface area contributed by atoms with Crippen molar-refractivity contribution >= 4 is 11.9 Å². The second kappa shape index (κ2) is 7.32. The van der Waals surface area contributed by atoms with E-state index in [1.807, 2.05) is 0 Å². The van der Waals surface area contributed by atoms with Gasteiger partial charge in [0.05, 0.1) is 7.11 Å². The molecule has 0 aliphatic rings. The van der Waals surface area contributed by atoms with Crippen molar-refractivity contribution in [2.45, 2.75) is 12.8 Å². The van der Waals surface area contributed by atoms with Crippen LogP contribution in [0.2, 0.25) is 0 Å². The first kappa shape index (κ1) is 12.9. The standard InChI is InChI=1S/C9H17NO4/c1-10(8(11)7-13-2)6-4-5-9(12)14-3/h4-7H2,1-3H3. The van der Waals surface area contributed by atoms with Gasteiger partial charge in [-0.05, 0) is 6.42 Å². The third-order valence-corrected chi connectivity index (χ3v) is 1.80. The average Bonchev–Trinajstić information content (AvgIpc) is 2.17. The molecule has 0 aliphatic heterocycles. The van der Waals surface area contributed by atoms with Gasteiger partial charge in [0, 0.05) is 27.1 Å². The molecule has 0 aromatic heterocycles. The molecule has 0 fully saturated rings. The van der Waals surface area contributed by atoms with Crippen LogP contribution in [0, 0.1) is 0 Å². The van der Waals surface area contributed by atoms with Gasteiger partial charge < -0.3 is 14.4 Å². The number of methoxy groups -OCH3 is 2. The third kappa shape index (κ3) is 5.53. The Kier molecular flexibility index (Phi) is 6.74. The minimum Gasteiger partial charge on any atom is -0.469 e. The molecule has 14 heavy (non-hydrogen) atoms. The molecule has 0 rings (SSSR count). The summed E-state index contributed by atoms with van der Waals surface area (Å²) in [4.78, 5) is 23.4. The highest BCUT2D eigenvalue weighted by Crippen LogP contribution is 1.95. The molecular weight excluding hydrogens is 186 g/mol. The number of carbonyl (C=O) groups excluding carboxylic acids is 2. The summed E-state index contributed by atoms with van der Waals surface area (Å²) in [6, 6.07) is 0. The van der Waals surface area contributed by atoms with E-state index in [1.165, 1.54) is 19.1 Å². The van der Waals surface area contributed by atoms with Crippen LogP contribution in [0.3, 0.4) is 0 Å². The number of amides is 1. The van der Waals surface area contributed by atoms with Gasteiger partial charge in [-0.2, -0.15) is 0 Å². The molecule has 82 valence electrons. The molecule has 5 heteroatoms. The molecule has 0 N–H and O–H groups in total. The molecule has 0 saturated heterocycles. The molecule has 0 aliphatic carbocycles. The Morgan fingerprint density at radius 3 is 2.43 bits per heavy atom. The fourth-order valence-corrected chi connectivity index (χ4v) is 0.921. The maximum Gasteiger partial charge on any atom is 0.305 e. The minimum absolute atomic E-state index is 0.0781. The lowest BCUT2D eigenvalue weighted by molar-refractivity contribution is -0.141. The zero-order valence-corrected chi connectivity index (χ0v) is 8.91. The highest BCUT2D eigenvalue weighted by Gasteiger charge is 2.08. The summed E-state index contributed by atoms with van der Waals surface area (Å²) in [6.45, 7) is 0.617. The Morgan fingerprint density at radius 1 is 1.29 bits per heavy atom. The predicted octanol–water partition coefficient (Wildman–Crippen LogP) is 0.0444. The second-order valence-electron chi connectivity index (χ2n) is 2.93. The van der Waals surface area contributed by atoms with E-state index < -0.39 is 0 Å². The van der Waals surface area contributed by atoms with Gasteiger partial charge in [0.2, 0.25) is 5.91 Å². The maximum atomic E-state index is 11.2. The topological polar surface area (TPSA) is 55.8 Å². The second-order valence-corrected chi connectivity index (χ2v) is 2.93. The Hall–Kier alpha value is -1.10. The van der Waals surface area contributed by atoms with E-state index in [0.717, 1.165) is 0 Å². The van der Waals surface area contributed by atoms with E-state index >= 15 is 0 Å². The van der Waals surface area contributed by atoms with Crippen molar-refractivity contribution in [2.24, 2.45) is 0 Å². The summed E-state index contributed by atoms with van der Waals surface area (Å²) < 4.78 is 9.16. The average molecular weight is 203 g/mol. The number of ether oxygens (including phenoxy) is 2. The highest BCUT2D eigenvalue weighted by molar-refractivity contribution is 5.77. The zero-order chi connectivity index (χ0) is 11.0. The van der Waals surface area contributed by atoms with E-state index in [-0.39, 0.29) is 18.5 Å². The first-order valence-corrected chi connectivity index (χ1v) is 4.41. The molecular formula is C9H17NO4. The summed E-state index contributed by atoms with van der Waals surface area (Å²) in [5.74, 6) is -0.338. The van der Waals surface area contributed by atoms with Crippen LogP contribution >= 0.6 is 0 Å². The van der Waals surface area contributed by atoms with Crippen molar-refractivity contribution in [2.75, 3.05) is 34.4 Å². The quantitative estimate of drug-likeness (QED) is 0.572. The van der Waals surface area contributed by atoms with E-state index in [2.05, 4.69) is 4.74 Å². The Bertz CT molecular complexity index is 193. The lowest BCUT2D eigenvalue weighted by Crippen LogP contribution is -2.31. The molecule has 0 radical (unpaired) electrons. The van der Waals surface area contributed by atoms with Crippen molar-refractivity contribution < 1.29 is 19.1 Å².